The molecular weight excluding hydrogens is 350 g/mol. The van der Waals surface area contributed by atoms with E-state index in [9.17, 15) is 9.59 Å². The molecule has 2 aromatic carbocycles. The molecule has 0 unspecified atom stereocenters. The van der Waals surface area contributed by atoms with E-state index in [0.717, 1.165) is 46.8 Å². The highest BCUT2D eigenvalue weighted by Gasteiger charge is 2.17. The van der Waals surface area contributed by atoms with Crippen LogP contribution in [0.25, 0.3) is 0 Å². The summed E-state index contributed by atoms with van der Waals surface area (Å²) in [6.07, 6.45) is 0. The topological polar surface area (TPSA) is 52.7 Å². The molecule has 28 heavy (non-hydrogen) atoms. The highest BCUT2D eigenvalue weighted by Crippen LogP contribution is 2.23. The molecule has 0 aliphatic rings. The summed E-state index contributed by atoms with van der Waals surface area (Å²) in [6.45, 7) is 13.6. The lowest BCUT2D eigenvalue weighted by Crippen LogP contribution is -2.36. The van der Waals surface area contributed by atoms with Crippen molar-refractivity contribution < 1.29 is 9.59 Å². The number of aryl methyl sites for hydroxylation is 3. The number of hydrogen-bond donors (Lipinski definition) is 1. The standard InChI is InChI=1S/C23H31N3O2/c1-7-25(8-2)20-11-12-22(18(5)14-20)24-23(28)15-26(19(6)27)21-10-9-16(3)17(4)13-21/h9-14H,7-8,15H2,1-6H3,(H,24,28). The fourth-order valence-electron chi connectivity index (χ4n) is 3.18. The third-order valence-corrected chi connectivity index (χ3v) is 5.10. The highest BCUT2D eigenvalue weighted by atomic mass is 16.2. The van der Waals surface area contributed by atoms with Gasteiger partial charge < -0.3 is 15.1 Å². The molecule has 0 saturated carbocycles. The second-order valence-electron chi connectivity index (χ2n) is 7.09. The molecular formula is C23H31N3O2. The molecule has 5 heteroatoms. The summed E-state index contributed by atoms with van der Waals surface area (Å²) >= 11 is 0. The first kappa shape index (κ1) is 21.5. The Labute approximate surface area is 168 Å². The predicted octanol–water partition coefficient (Wildman–Crippen LogP) is 4.45. The maximum Gasteiger partial charge on any atom is 0.244 e. The van der Waals surface area contributed by atoms with Crippen molar-refractivity contribution in [3.63, 3.8) is 0 Å². The zero-order chi connectivity index (χ0) is 20.8. The molecule has 2 rings (SSSR count). The summed E-state index contributed by atoms with van der Waals surface area (Å²) in [5.74, 6) is -0.376. The minimum Gasteiger partial charge on any atom is -0.372 e. The average molecular weight is 382 g/mol. The van der Waals surface area contributed by atoms with Crippen molar-refractivity contribution in [3.8, 4) is 0 Å². The van der Waals surface area contributed by atoms with Gasteiger partial charge in [0.2, 0.25) is 11.8 Å². The van der Waals surface area contributed by atoms with Crippen molar-refractivity contribution in [2.45, 2.75) is 41.5 Å². The van der Waals surface area contributed by atoms with Crippen LogP contribution in [0.2, 0.25) is 0 Å². The number of nitrogens with zero attached hydrogens (tertiary/aromatic N) is 2. The molecule has 0 aliphatic carbocycles. The molecule has 0 spiro atoms. The van der Waals surface area contributed by atoms with Gasteiger partial charge in [0.1, 0.15) is 6.54 Å². The van der Waals surface area contributed by atoms with Crippen LogP contribution in [0.3, 0.4) is 0 Å². The summed E-state index contributed by atoms with van der Waals surface area (Å²) in [7, 11) is 0. The Balaban J connectivity index is 2.15. The van der Waals surface area contributed by atoms with E-state index in [0.29, 0.717) is 0 Å². The Morgan fingerprint density at radius 3 is 2.00 bits per heavy atom. The molecule has 2 aromatic rings. The van der Waals surface area contributed by atoms with Crippen molar-refractivity contribution in [3.05, 3.63) is 53.1 Å². The number of nitrogens with one attached hydrogen (secondary N) is 1. The van der Waals surface area contributed by atoms with Crippen LogP contribution in [0.5, 0.6) is 0 Å². The van der Waals surface area contributed by atoms with Crippen LogP contribution in [-0.4, -0.2) is 31.4 Å². The van der Waals surface area contributed by atoms with Gasteiger partial charge in [-0.1, -0.05) is 6.07 Å². The van der Waals surface area contributed by atoms with Crippen molar-refractivity contribution in [1.29, 1.82) is 0 Å². The van der Waals surface area contributed by atoms with Gasteiger partial charge in [-0.05, 0) is 81.6 Å². The van der Waals surface area contributed by atoms with E-state index in [1.807, 2.05) is 51.1 Å². The van der Waals surface area contributed by atoms with Crippen LogP contribution in [0.4, 0.5) is 17.1 Å². The molecule has 150 valence electrons. The minimum atomic E-state index is -0.216. The van der Waals surface area contributed by atoms with Gasteiger partial charge in [0.05, 0.1) is 0 Å². The first-order valence-electron chi connectivity index (χ1n) is 9.77. The molecule has 0 bridgehead atoms. The van der Waals surface area contributed by atoms with Crippen molar-refractivity contribution >= 4 is 28.9 Å². The maximum atomic E-state index is 12.6. The van der Waals surface area contributed by atoms with Gasteiger partial charge in [-0.25, -0.2) is 0 Å². The summed E-state index contributed by atoms with van der Waals surface area (Å²) in [5, 5.41) is 2.94. The normalized spacial score (nSPS) is 10.5. The van der Waals surface area contributed by atoms with E-state index < -0.39 is 0 Å². The first-order chi connectivity index (χ1) is 13.3. The Morgan fingerprint density at radius 1 is 0.857 bits per heavy atom. The zero-order valence-electron chi connectivity index (χ0n) is 17.8. The van der Waals surface area contributed by atoms with Crippen LogP contribution in [-0.2, 0) is 9.59 Å². The van der Waals surface area contributed by atoms with E-state index in [1.165, 1.54) is 11.8 Å². The molecule has 0 aromatic heterocycles. The van der Waals surface area contributed by atoms with Gasteiger partial charge in [-0.3, -0.25) is 9.59 Å². The van der Waals surface area contributed by atoms with Crippen molar-refractivity contribution in [2.24, 2.45) is 0 Å². The van der Waals surface area contributed by atoms with Gasteiger partial charge in [0.15, 0.2) is 0 Å². The van der Waals surface area contributed by atoms with Crippen LogP contribution < -0.4 is 15.1 Å². The third-order valence-electron chi connectivity index (χ3n) is 5.10. The lowest BCUT2D eigenvalue weighted by Gasteiger charge is -2.23. The summed E-state index contributed by atoms with van der Waals surface area (Å²) in [5.41, 5.74) is 5.88. The van der Waals surface area contributed by atoms with Gasteiger partial charge in [0, 0.05) is 37.1 Å². The third kappa shape index (κ3) is 5.12. The summed E-state index contributed by atoms with van der Waals surface area (Å²) in [4.78, 5) is 28.5. The average Bonchev–Trinajstić information content (AvgIpc) is 2.65. The van der Waals surface area contributed by atoms with Crippen LogP contribution in [0.15, 0.2) is 36.4 Å². The second-order valence-corrected chi connectivity index (χ2v) is 7.09. The highest BCUT2D eigenvalue weighted by molar-refractivity contribution is 6.02. The van der Waals surface area contributed by atoms with Crippen LogP contribution in [0.1, 0.15) is 37.5 Å². The van der Waals surface area contributed by atoms with Crippen molar-refractivity contribution in [2.75, 3.05) is 34.8 Å². The molecule has 0 radical (unpaired) electrons. The fraction of sp³-hybridized carbons (Fsp3) is 0.391. The largest absolute Gasteiger partial charge is 0.372 e. The Bertz CT molecular complexity index is 857. The Morgan fingerprint density at radius 2 is 1.46 bits per heavy atom. The molecule has 1 N–H and O–H groups in total. The minimum absolute atomic E-state index is 0.0188. The van der Waals surface area contributed by atoms with E-state index in [1.54, 1.807) is 0 Å². The molecule has 5 nitrogen and oxygen atoms in total. The number of hydrogen-bond acceptors (Lipinski definition) is 3. The molecule has 0 atom stereocenters. The fourth-order valence-corrected chi connectivity index (χ4v) is 3.18. The number of carbonyl (C=O) groups excluding carboxylic acids is 2. The smallest absolute Gasteiger partial charge is 0.244 e. The van der Waals surface area contributed by atoms with E-state index in [2.05, 4.69) is 30.1 Å². The Hall–Kier alpha value is -2.82. The number of carbonyl (C=O) groups is 2. The van der Waals surface area contributed by atoms with Crippen molar-refractivity contribution in [1.82, 2.24) is 0 Å². The van der Waals surface area contributed by atoms with Gasteiger partial charge in [-0.2, -0.15) is 0 Å². The predicted molar refractivity (Wildman–Crippen MR) is 117 cm³/mol. The number of rotatable bonds is 7. The quantitative estimate of drug-likeness (QED) is 0.771. The monoisotopic (exact) mass is 381 g/mol. The molecule has 2 amide bonds. The zero-order valence-corrected chi connectivity index (χ0v) is 17.8. The van der Waals surface area contributed by atoms with Crippen LogP contribution >= 0.6 is 0 Å². The number of anilines is 3. The van der Waals surface area contributed by atoms with E-state index >= 15 is 0 Å². The summed E-state index contributed by atoms with van der Waals surface area (Å²) < 4.78 is 0. The number of amides is 2. The van der Waals surface area contributed by atoms with Crippen LogP contribution in [0, 0.1) is 20.8 Å². The molecule has 0 heterocycles. The molecule has 0 fully saturated rings. The van der Waals surface area contributed by atoms with Gasteiger partial charge >= 0.3 is 0 Å². The van der Waals surface area contributed by atoms with Gasteiger partial charge in [0.25, 0.3) is 0 Å². The lowest BCUT2D eigenvalue weighted by molar-refractivity contribution is -0.120. The lowest BCUT2D eigenvalue weighted by atomic mass is 10.1. The van der Waals surface area contributed by atoms with Gasteiger partial charge in [-0.15, -0.1) is 0 Å². The van der Waals surface area contributed by atoms with E-state index in [4.69, 9.17) is 0 Å². The SMILES string of the molecule is CCN(CC)c1ccc(NC(=O)CN(C(C)=O)c2ccc(C)c(C)c2)c(C)c1. The Kier molecular flexibility index (Phi) is 7.21. The summed E-state index contributed by atoms with van der Waals surface area (Å²) in [6, 6.07) is 11.8. The second kappa shape index (κ2) is 9.40. The molecule has 0 aliphatic heterocycles. The molecule has 0 saturated heterocycles. The maximum absolute atomic E-state index is 12.6. The van der Waals surface area contributed by atoms with E-state index in [-0.39, 0.29) is 18.4 Å². The number of benzene rings is 2. The first-order valence-corrected chi connectivity index (χ1v) is 9.77.